The molecule has 0 amide bonds. The number of aromatic nitrogens is 3. The molecule has 1 fully saturated rings. The first-order valence-corrected chi connectivity index (χ1v) is 12.1. The van der Waals surface area contributed by atoms with E-state index in [0.29, 0.717) is 19.7 Å². The predicted molar refractivity (Wildman–Crippen MR) is 134 cm³/mol. The number of piperazine rings is 1. The van der Waals surface area contributed by atoms with Gasteiger partial charge >= 0.3 is 35.2 Å². The molecule has 0 radical (unpaired) electrons. The Labute approximate surface area is 230 Å². The van der Waals surface area contributed by atoms with E-state index in [1.54, 1.807) is 9.25 Å². The average Bonchev–Trinajstić information content (AvgIpc) is 3.15. The Morgan fingerprint density at radius 3 is 2.47 bits per heavy atom. The number of hydrogen-bond donors (Lipinski definition) is 0. The van der Waals surface area contributed by atoms with Crippen LogP contribution in [0, 0.1) is 0 Å². The number of ether oxygens (including phenoxy) is 1. The standard InChI is InChI=1S/C25H32ClN5O2.Na.H/c1-2-24-27-31(25(32)30(24)18-19-33-23-10-4-3-5-11-23)13-7-12-28-14-16-29(17-15-28)22-9-6-8-21(26)20-22;;/h3-6,8-11,20H,2,7,12-19H2,1H3;;/q;+1;-1. The summed E-state index contributed by atoms with van der Waals surface area (Å²) in [5.41, 5.74) is 1.14. The third-order valence-corrected chi connectivity index (χ3v) is 6.27. The van der Waals surface area contributed by atoms with Gasteiger partial charge in [0.15, 0.2) is 0 Å². The van der Waals surface area contributed by atoms with Crippen molar-refractivity contribution in [2.45, 2.75) is 32.9 Å². The van der Waals surface area contributed by atoms with Crippen LogP contribution in [0.2, 0.25) is 5.02 Å². The first-order valence-electron chi connectivity index (χ1n) is 11.7. The monoisotopic (exact) mass is 493 g/mol. The van der Waals surface area contributed by atoms with Crippen LogP contribution in [0.3, 0.4) is 0 Å². The van der Waals surface area contributed by atoms with Gasteiger partial charge in [0.05, 0.1) is 6.54 Å². The van der Waals surface area contributed by atoms with Gasteiger partial charge in [-0.15, -0.1) is 0 Å². The number of hydrogen-bond acceptors (Lipinski definition) is 5. The summed E-state index contributed by atoms with van der Waals surface area (Å²) in [6.45, 7) is 8.54. The van der Waals surface area contributed by atoms with Gasteiger partial charge in [0.25, 0.3) is 0 Å². The fourth-order valence-electron chi connectivity index (χ4n) is 4.24. The second-order valence-corrected chi connectivity index (χ2v) is 8.69. The van der Waals surface area contributed by atoms with Crippen molar-refractivity contribution in [3.63, 3.8) is 0 Å². The van der Waals surface area contributed by atoms with Crippen molar-refractivity contribution in [1.82, 2.24) is 19.2 Å². The van der Waals surface area contributed by atoms with Crippen molar-refractivity contribution in [2.75, 3.05) is 44.2 Å². The third kappa shape index (κ3) is 7.12. The normalized spacial score (nSPS) is 14.1. The Morgan fingerprint density at radius 2 is 1.76 bits per heavy atom. The molecule has 0 unspecified atom stereocenters. The number of rotatable bonds is 10. The van der Waals surface area contributed by atoms with E-state index in [9.17, 15) is 4.79 Å². The molecule has 3 aromatic rings. The first kappa shape index (κ1) is 26.8. The van der Waals surface area contributed by atoms with E-state index in [4.69, 9.17) is 16.3 Å². The maximum absolute atomic E-state index is 12.9. The van der Waals surface area contributed by atoms with Gasteiger partial charge in [-0.25, -0.2) is 9.48 Å². The molecule has 0 spiro atoms. The van der Waals surface area contributed by atoms with Crippen LogP contribution < -0.4 is 44.9 Å². The van der Waals surface area contributed by atoms with Crippen molar-refractivity contribution in [2.24, 2.45) is 0 Å². The van der Waals surface area contributed by atoms with Crippen molar-refractivity contribution < 1.29 is 35.7 Å². The second-order valence-electron chi connectivity index (χ2n) is 8.25. The Hall–Kier alpha value is -1.77. The molecule has 0 atom stereocenters. The summed E-state index contributed by atoms with van der Waals surface area (Å²) in [7, 11) is 0. The van der Waals surface area contributed by atoms with Crippen LogP contribution >= 0.6 is 11.6 Å². The first-order chi connectivity index (χ1) is 16.1. The summed E-state index contributed by atoms with van der Waals surface area (Å²) in [5.74, 6) is 1.62. The maximum Gasteiger partial charge on any atom is 1.00 e. The van der Waals surface area contributed by atoms with Crippen molar-refractivity contribution in [3.05, 3.63) is 75.9 Å². The Bertz CT molecular complexity index is 1090. The van der Waals surface area contributed by atoms with E-state index in [0.717, 1.165) is 62.2 Å². The molecule has 2 heterocycles. The van der Waals surface area contributed by atoms with Gasteiger partial charge in [-0.2, -0.15) is 5.10 Å². The molecule has 9 heteroatoms. The number of nitrogens with zero attached hydrogens (tertiary/aromatic N) is 5. The van der Waals surface area contributed by atoms with E-state index in [1.807, 2.05) is 55.5 Å². The van der Waals surface area contributed by atoms with E-state index in [1.165, 1.54) is 5.69 Å². The molecule has 178 valence electrons. The molecule has 34 heavy (non-hydrogen) atoms. The molecule has 1 aromatic heterocycles. The number of anilines is 1. The Balaban J connectivity index is 0.00000216. The van der Waals surface area contributed by atoms with Gasteiger partial charge in [0.1, 0.15) is 18.2 Å². The van der Waals surface area contributed by atoms with Crippen molar-refractivity contribution in [1.29, 1.82) is 0 Å². The summed E-state index contributed by atoms with van der Waals surface area (Å²) in [6.07, 6.45) is 1.62. The number of halogens is 1. The van der Waals surface area contributed by atoms with Crippen LogP contribution in [0.25, 0.3) is 0 Å². The van der Waals surface area contributed by atoms with E-state index >= 15 is 0 Å². The molecule has 0 N–H and O–H groups in total. The average molecular weight is 494 g/mol. The molecular weight excluding hydrogens is 461 g/mol. The van der Waals surface area contributed by atoms with Crippen LogP contribution in [-0.2, 0) is 19.5 Å². The minimum Gasteiger partial charge on any atom is -1.00 e. The summed E-state index contributed by atoms with van der Waals surface area (Å²) in [5, 5.41) is 5.34. The Kier molecular flexibility index (Phi) is 10.5. The molecule has 1 aliphatic heterocycles. The van der Waals surface area contributed by atoms with Crippen LogP contribution in [0.4, 0.5) is 5.69 Å². The molecular formula is C25H33ClN5NaO2. The largest absolute Gasteiger partial charge is 1.00 e. The zero-order valence-corrected chi connectivity index (χ0v) is 23.0. The molecule has 7 nitrogen and oxygen atoms in total. The third-order valence-electron chi connectivity index (χ3n) is 6.03. The van der Waals surface area contributed by atoms with Gasteiger partial charge in [0.2, 0.25) is 0 Å². The van der Waals surface area contributed by atoms with Crippen LogP contribution in [0.15, 0.2) is 59.4 Å². The molecule has 0 bridgehead atoms. The van der Waals surface area contributed by atoms with E-state index < -0.39 is 0 Å². The smallest absolute Gasteiger partial charge is 1.00 e. The molecule has 2 aromatic carbocycles. The number of benzene rings is 2. The van der Waals surface area contributed by atoms with Gasteiger partial charge in [-0.1, -0.05) is 42.8 Å². The van der Waals surface area contributed by atoms with Crippen molar-refractivity contribution in [3.8, 4) is 5.75 Å². The molecule has 4 rings (SSSR count). The van der Waals surface area contributed by atoms with Crippen LogP contribution in [-0.4, -0.2) is 58.6 Å². The van der Waals surface area contributed by atoms with E-state index in [-0.39, 0.29) is 36.7 Å². The predicted octanol–water partition coefficient (Wildman–Crippen LogP) is 0.668. The number of para-hydroxylation sites is 1. The maximum atomic E-state index is 12.9. The van der Waals surface area contributed by atoms with Crippen LogP contribution in [0.5, 0.6) is 5.75 Å². The van der Waals surface area contributed by atoms with Gasteiger partial charge in [-0.05, 0) is 36.8 Å². The summed E-state index contributed by atoms with van der Waals surface area (Å²) in [6, 6.07) is 17.7. The number of aryl methyl sites for hydroxylation is 2. The molecule has 0 aliphatic carbocycles. The van der Waals surface area contributed by atoms with Gasteiger partial charge in [-0.3, -0.25) is 9.47 Å². The van der Waals surface area contributed by atoms with Gasteiger partial charge < -0.3 is 11.1 Å². The van der Waals surface area contributed by atoms with Crippen LogP contribution in [0.1, 0.15) is 20.6 Å². The fourth-order valence-corrected chi connectivity index (χ4v) is 4.42. The Morgan fingerprint density at radius 1 is 1.00 bits per heavy atom. The molecule has 0 saturated carbocycles. The SMILES string of the molecule is CCc1nn(CCCN2CCN(c3cccc(Cl)c3)CC2)c(=O)n1CCOc1ccccc1.[H-].[Na+]. The topological polar surface area (TPSA) is 55.5 Å². The van der Waals surface area contributed by atoms with E-state index in [2.05, 4.69) is 21.0 Å². The summed E-state index contributed by atoms with van der Waals surface area (Å²) < 4.78 is 9.12. The zero-order valence-electron chi connectivity index (χ0n) is 21.2. The van der Waals surface area contributed by atoms with Crippen molar-refractivity contribution >= 4 is 17.3 Å². The molecule has 1 aliphatic rings. The summed E-state index contributed by atoms with van der Waals surface area (Å²) >= 11 is 6.13. The minimum atomic E-state index is -0.0470. The summed E-state index contributed by atoms with van der Waals surface area (Å²) in [4.78, 5) is 17.7. The second kappa shape index (κ2) is 13.4. The zero-order chi connectivity index (χ0) is 23.0. The van der Waals surface area contributed by atoms with Gasteiger partial charge in [0, 0.05) is 56.4 Å². The fraction of sp³-hybridized carbons (Fsp3) is 0.440. The molecule has 1 saturated heterocycles. The minimum absolute atomic E-state index is 0. The quantitative estimate of drug-likeness (QED) is 0.389.